The molecule has 31 heavy (non-hydrogen) atoms. The van der Waals surface area contributed by atoms with Crippen LogP contribution in [0.3, 0.4) is 0 Å². The van der Waals surface area contributed by atoms with Crippen LogP contribution in [0, 0.1) is 0 Å². The van der Waals surface area contributed by atoms with Gasteiger partial charge in [-0.15, -0.1) is 0 Å². The van der Waals surface area contributed by atoms with E-state index in [1.54, 1.807) is 27.7 Å². The molecule has 0 unspecified atom stereocenters. The monoisotopic (exact) mass is 423 g/mol. The number of likely N-dealkylation sites (N-methyl/N-ethyl adjacent to an activating group) is 1. The normalized spacial score (nSPS) is 16.2. The Morgan fingerprint density at radius 3 is 2.74 bits per heavy atom. The molecule has 0 radical (unpaired) electrons. The molecule has 2 aliphatic rings. The van der Waals surface area contributed by atoms with E-state index in [-0.39, 0.29) is 18.1 Å². The summed E-state index contributed by atoms with van der Waals surface area (Å²) in [6, 6.07) is 4.80. The first-order valence-electron chi connectivity index (χ1n) is 11.3. The van der Waals surface area contributed by atoms with Gasteiger partial charge in [-0.25, -0.2) is 9.78 Å². The number of hydrogen-bond acceptors (Lipinski definition) is 5. The van der Waals surface area contributed by atoms with E-state index in [0.29, 0.717) is 29.6 Å². The van der Waals surface area contributed by atoms with Crippen LogP contribution in [0.1, 0.15) is 68.1 Å². The number of carbonyl (C=O) groups is 2. The maximum atomic E-state index is 12.8. The third kappa shape index (κ3) is 4.55. The Kier molecular flexibility index (Phi) is 6.49. The molecule has 0 fully saturated rings. The molecule has 1 aromatic carbocycles. The average Bonchev–Trinajstić information content (AvgIpc) is 3.04. The molecular weight excluding hydrogens is 394 g/mol. The lowest BCUT2D eigenvalue weighted by Crippen LogP contribution is -2.34. The first kappa shape index (κ1) is 21.3. The fourth-order valence-electron chi connectivity index (χ4n) is 4.44. The van der Waals surface area contributed by atoms with Crippen molar-refractivity contribution in [2.75, 3.05) is 13.2 Å². The molecule has 4 rings (SSSR count). The van der Waals surface area contributed by atoms with Gasteiger partial charge >= 0.3 is 5.97 Å². The summed E-state index contributed by atoms with van der Waals surface area (Å²) < 4.78 is 7.06. The van der Waals surface area contributed by atoms with Gasteiger partial charge in [-0.2, -0.15) is 0 Å². The molecule has 0 saturated carbocycles. The summed E-state index contributed by atoms with van der Waals surface area (Å²) in [6.45, 7) is 2.86. The largest absolute Gasteiger partial charge is 0.452 e. The van der Waals surface area contributed by atoms with Crippen LogP contribution in [0.2, 0.25) is 0 Å². The van der Waals surface area contributed by atoms with Crippen LogP contribution in [0.25, 0.3) is 10.9 Å². The number of nitrogens with zero attached hydrogens (tertiary/aromatic N) is 3. The highest BCUT2D eigenvalue weighted by atomic mass is 16.5. The maximum absolute atomic E-state index is 12.8. The predicted octanol–water partition coefficient (Wildman–Crippen LogP) is 3.59. The fraction of sp³-hybridized carbons (Fsp3) is 0.500. The topological polar surface area (TPSA) is 81.5 Å². The molecule has 164 valence electrons. The van der Waals surface area contributed by atoms with Gasteiger partial charge in [0, 0.05) is 25.2 Å². The molecule has 2 heterocycles. The van der Waals surface area contributed by atoms with E-state index in [4.69, 9.17) is 4.74 Å². The van der Waals surface area contributed by atoms with E-state index in [1.807, 2.05) is 6.92 Å². The van der Waals surface area contributed by atoms with E-state index >= 15 is 0 Å². The predicted molar refractivity (Wildman–Crippen MR) is 118 cm³/mol. The van der Waals surface area contributed by atoms with Gasteiger partial charge in [0.15, 0.2) is 6.61 Å². The van der Waals surface area contributed by atoms with Crippen molar-refractivity contribution in [2.45, 2.75) is 64.8 Å². The van der Waals surface area contributed by atoms with Crippen molar-refractivity contribution < 1.29 is 14.3 Å². The van der Waals surface area contributed by atoms with Crippen LogP contribution < -0.4 is 5.56 Å². The van der Waals surface area contributed by atoms with Crippen molar-refractivity contribution in [3.05, 3.63) is 51.7 Å². The average molecular weight is 424 g/mol. The van der Waals surface area contributed by atoms with Gasteiger partial charge < -0.3 is 9.64 Å². The number of fused-ring (bicyclic) bond motifs is 2. The molecule has 2 aromatic rings. The number of rotatable bonds is 5. The van der Waals surface area contributed by atoms with Gasteiger partial charge in [-0.1, -0.05) is 12.5 Å². The minimum Gasteiger partial charge on any atom is -0.452 e. The number of carbonyl (C=O) groups excluding carboxylic acids is 2. The SMILES string of the molecule is CCN(C(=O)COC(=O)c1ccc2c(=O)n3c(nc2c1)CCCCC3)C1=CCCCC1. The summed E-state index contributed by atoms with van der Waals surface area (Å²) in [5.74, 6) is -0.0257. The van der Waals surface area contributed by atoms with Crippen molar-refractivity contribution in [2.24, 2.45) is 0 Å². The molecule has 1 aliphatic carbocycles. The standard InChI is InChI=1S/C24H29N3O4/c1-2-26(18-9-5-3-6-10-18)22(28)16-31-24(30)17-12-13-19-20(15-17)25-21-11-7-4-8-14-27(21)23(19)29/h9,12-13,15H,2-8,10-11,14,16H2,1H3. The Morgan fingerprint density at radius 1 is 1.13 bits per heavy atom. The number of amides is 1. The lowest BCUT2D eigenvalue weighted by molar-refractivity contribution is -0.132. The number of esters is 1. The van der Waals surface area contributed by atoms with Gasteiger partial charge in [-0.05, 0) is 63.6 Å². The van der Waals surface area contributed by atoms with E-state index in [9.17, 15) is 14.4 Å². The van der Waals surface area contributed by atoms with Crippen LogP contribution in [-0.4, -0.2) is 39.5 Å². The molecule has 0 atom stereocenters. The molecule has 0 bridgehead atoms. The summed E-state index contributed by atoms with van der Waals surface area (Å²) in [6.07, 6.45) is 10.00. The second kappa shape index (κ2) is 9.45. The van der Waals surface area contributed by atoms with Crippen molar-refractivity contribution in [1.82, 2.24) is 14.5 Å². The molecule has 0 saturated heterocycles. The Hall–Kier alpha value is -2.96. The first-order chi connectivity index (χ1) is 15.1. The van der Waals surface area contributed by atoms with Crippen LogP contribution in [0.5, 0.6) is 0 Å². The fourth-order valence-corrected chi connectivity index (χ4v) is 4.44. The van der Waals surface area contributed by atoms with Crippen LogP contribution in [-0.2, 0) is 22.5 Å². The Bertz CT molecular complexity index is 1090. The van der Waals surface area contributed by atoms with Crippen LogP contribution in [0.15, 0.2) is 34.8 Å². The van der Waals surface area contributed by atoms with Gasteiger partial charge in [0.05, 0.1) is 16.5 Å². The van der Waals surface area contributed by atoms with Crippen molar-refractivity contribution in [3.63, 3.8) is 0 Å². The van der Waals surface area contributed by atoms with Crippen molar-refractivity contribution in [3.8, 4) is 0 Å². The van der Waals surface area contributed by atoms with Crippen LogP contribution >= 0.6 is 0 Å². The molecule has 0 N–H and O–H groups in total. The van der Waals surface area contributed by atoms with Crippen molar-refractivity contribution in [1.29, 1.82) is 0 Å². The second-order valence-electron chi connectivity index (χ2n) is 8.18. The number of ether oxygens (including phenoxy) is 1. The summed E-state index contributed by atoms with van der Waals surface area (Å²) >= 11 is 0. The second-order valence-corrected chi connectivity index (χ2v) is 8.18. The van der Waals surface area contributed by atoms with Gasteiger partial charge in [-0.3, -0.25) is 14.2 Å². The highest BCUT2D eigenvalue weighted by Gasteiger charge is 2.20. The minimum atomic E-state index is -0.583. The molecular formula is C24H29N3O4. The molecule has 0 spiro atoms. The molecule has 7 nitrogen and oxygen atoms in total. The van der Waals surface area contributed by atoms with Gasteiger partial charge in [0.2, 0.25) is 0 Å². The highest BCUT2D eigenvalue weighted by Crippen LogP contribution is 2.21. The zero-order valence-electron chi connectivity index (χ0n) is 18.1. The summed E-state index contributed by atoms with van der Waals surface area (Å²) in [7, 11) is 0. The number of aryl methyl sites for hydroxylation is 1. The van der Waals surface area contributed by atoms with Crippen molar-refractivity contribution >= 4 is 22.8 Å². The quantitative estimate of drug-likeness (QED) is 0.687. The Labute approximate surface area is 181 Å². The molecule has 1 amide bonds. The number of hydrogen-bond donors (Lipinski definition) is 0. The zero-order chi connectivity index (χ0) is 21.8. The van der Waals surface area contributed by atoms with Gasteiger partial charge in [0.1, 0.15) is 5.82 Å². The minimum absolute atomic E-state index is 0.0589. The van der Waals surface area contributed by atoms with Gasteiger partial charge in [0.25, 0.3) is 11.5 Å². The smallest absolute Gasteiger partial charge is 0.338 e. The van der Waals surface area contributed by atoms with E-state index < -0.39 is 5.97 Å². The molecule has 1 aliphatic heterocycles. The number of allylic oxidation sites excluding steroid dienone is 2. The lowest BCUT2D eigenvalue weighted by atomic mass is 10.0. The summed E-state index contributed by atoms with van der Waals surface area (Å²) in [5.41, 5.74) is 1.76. The van der Waals surface area contributed by atoms with Crippen LogP contribution in [0.4, 0.5) is 0 Å². The Morgan fingerprint density at radius 2 is 1.97 bits per heavy atom. The third-order valence-electron chi connectivity index (χ3n) is 6.11. The van der Waals surface area contributed by atoms with E-state index in [2.05, 4.69) is 11.1 Å². The number of aromatic nitrogens is 2. The molecule has 1 aromatic heterocycles. The van der Waals surface area contributed by atoms with E-state index in [0.717, 1.165) is 62.9 Å². The highest BCUT2D eigenvalue weighted by molar-refractivity contribution is 5.95. The number of benzene rings is 1. The maximum Gasteiger partial charge on any atom is 0.338 e. The van der Waals surface area contributed by atoms with E-state index in [1.165, 1.54) is 0 Å². The Balaban J connectivity index is 1.49. The first-order valence-corrected chi connectivity index (χ1v) is 11.3. The summed E-state index contributed by atoms with van der Waals surface area (Å²) in [5, 5.41) is 0.500. The summed E-state index contributed by atoms with van der Waals surface area (Å²) in [4.78, 5) is 44.4. The molecule has 7 heteroatoms. The zero-order valence-corrected chi connectivity index (χ0v) is 18.1. The lowest BCUT2D eigenvalue weighted by Gasteiger charge is -2.26. The third-order valence-corrected chi connectivity index (χ3v) is 6.11.